The van der Waals surface area contributed by atoms with Gasteiger partial charge in [-0.25, -0.2) is 0 Å². The summed E-state index contributed by atoms with van der Waals surface area (Å²) in [6, 6.07) is 17.0. The molecule has 166 valence electrons. The van der Waals surface area contributed by atoms with Gasteiger partial charge in [-0.1, -0.05) is 31.2 Å². The summed E-state index contributed by atoms with van der Waals surface area (Å²) in [6.45, 7) is 4.32. The van der Waals surface area contributed by atoms with Gasteiger partial charge in [-0.05, 0) is 60.0 Å². The molecule has 0 aliphatic carbocycles. The van der Waals surface area contributed by atoms with Crippen molar-refractivity contribution in [3.05, 3.63) is 60.4 Å². The fourth-order valence-electron chi connectivity index (χ4n) is 4.65. The normalized spacial score (nSPS) is 19.4. The second kappa shape index (κ2) is 9.29. The van der Waals surface area contributed by atoms with E-state index in [9.17, 15) is 4.79 Å². The van der Waals surface area contributed by atoms with Gasteiger partial charge in [-0.3, -0.25) is 9.78 Å². The van der Waals surface area contributed by atoms with Gasteiger partial charge < -0.3 is 14.4 Å². The third kappa shape index (κ3) is 4.49. The Balaban J connectivity index is 1.20. The molecule has 5 rings (SSSR count). The Morgan fingerprint density at radius 2 is 1.81 bits per heavy atom. The molecule has 3 aromatic rings. The monoisotopic (exact) mass is 430 g/mol. The molecule has 0 saturated carbocycles. The van der Waals surface area contributed by atoms with Crippen LogP contribution in [0.4, 0.5) is 0 Å². The SMILES string of the molecule is CCc1cc2cc(-c3ccc(OC4CCN(C(=O)[C@H]5CCCO5)CC4)cc3)ccc2cn1. The van der Waals surface area contributed by atoms with Crippen LogP contribution < -0.4 is 4.74 Å². The molecule has 3 heterocycles. The number of rotatable bonds is 5. The lowest BCUT2D eigenvalue weighted by molar-refractivity contribution is -0.142. The third-order valence-electron chi connectivity index (χ3n) is 6.59. The zero-order valence-electron chi connectivity index (χ0n) is 18.6. The number of nitrogens with zero attached hydrogens (tertiary/aromatic N) is 2. The average Bonchev–Trinajstić information content (AvgIpc) is 3.39. The van der Waals surface area contributed by atoms with Gasteiger partial charge in [-0.2, -0.15) is 0 Å². The lowest BCUT2D eigenvalue weighted by Gasteiger charge is -2.33. The molecule has 2 aliphatic rings. The number of fused-ring (bicyclic) bond motifs is 1. The third-order valence-corrected chi connectivity index (χ3v) is 6.59. The Kier molecular flexibility index (Phi) is 6.08. The van der Waals surface area contributed by atoms with Gasteiger partial charge in [0.2, 0.25) is 0 Å². The van der Waals surface area contributed by atoms with Gasteiger partial charge in [0.1, 0.15) is 18.0 Å². The lowest BCUT2D eigenvalue weighted by Crippen LogP contribution is -2.45. The molecule has 2 saturated heterocycles. The van der Waals surface area contributed by atoms with Crippen LogP contribution in [0.5, 0.6) is 5.75 Å². The molecule has 2 aliphatic heterocycles. The van der Waals surface area contributed by atoms with Gasteiger partial charge >= 0.3 is 0 Å². The Hall–Kier alpha value is -2.92. The van der Waals surface area contributed by atoms with Gasteiger partial charge in [-0.15, -0.1) is 0 Å². The summed E-state index contributed by atoms with van der Waals surface area (Å²) in [5.41, 5.74) is 3.48. The summed E-state index contributed by atoms with van der Waals surface area (Å²) in [4.78, 5) is 18.9. The molecular weight excluding hydrogens is 400 g/mol. The van der Waals surface area contributed by atoms with Crippen LogP contribution >= 0.6 is 0 Å². The highest BCUT2D eigenvalue weighted by molar-refractivity contribution is 5.87. The van der Waals surface area contributed by atoms with Crippen LogP contribution in [0.25, 0.3) is 21.9 Å². The first-order chi connectivity index (χ1) is 15.7. The molecule has 5 nitrogen and oxygen atoms in total. The zero-order valence-corrected chi connectivity index (χ0v) is 18.6. The summed E-state index contributed by atoms with van der Waals surface area (Å²) in [5, 5.41) is 2.38. The van der Waals surface area contributed by atoms with E-state index >= 15 is 0 Å². The summed E-state index contributed by atoms with van der Waals surface area (Å²) >= 11 is 0. The van der Waals surface area contributed by atoms with Crippen molar-refractivity contribution >= 4 is 16.7 Å². The van der Waals surface area contributed by atoms with Gasteiger partial charge in [0.25, 0.3) is 5.91 Å². The van der Waals surface area contributed by atoms with E-state index in [4.69, 9.17) is 9.47 Å². The standard InChI is InChI=1S/C27H30N2O3/c1-2-23-17-22-16-20(5-6-21(22)18-28-23)19-7-9-24(10-8-19)32-25-11-13-29(14-12-25)27(30)26-4-3-15-31-26/h5-10,16-18,25-26H,2-4,11-15H2,1H3/t26-/m1/s1. The lowest BCUT2D eigenvalue weighted by atomic mass is 10.0. The molecule has 0 bridgehead atoms. The first kappa shape index (κ1) is 21.0. The molecule has 1 aromatic heterocycles. The van der Waals surface area contributed by atoms with Crippen molar-refractivity contribution in [1.82, 2.24) is 9.88 Å². The fourth-order valence-corrected chi connectivity index (χ4v) is 4.65. The number of carbonyl (C=O) groups excluding carboxylic acids is 1. The molecule has 0 unspecified atom stereocenters. The molecule has 0 spiro atoms. The molecule has 2 aromatic carbocycles. The smallest absolute Gasteiger partial charge is 0.251 e. The second-order valence-electron chi connectivity index (χ2n) is 8.76. The highest BCUT2D eigenvalue weighted by atomic mass is 16.5. The van der Waals surface area contributed by atoms with Crippen LogP contribution in [-0.4, -0.2) is 47.7 Å². The number of piperidine rings is 1. The molecule has 0 N–H and O–H groups in total. The maximum Gasteiger partial charge on any atom is 0.251 e. The number of aromatic nitrogens is 1. The van der Waals surface area contributed by atoms with Gasteiger partial charge in [0, 0.05) is 49.8 Å². The molecule has 1 atom stereocenters. The van der Waals surface area contributed by atoms with Gasteiger partial charge in [0.15, 0.2) is 0 Å². The topological polar surface area (TPSA) is 51.7 Å². The number of benzene rings is 2. The fraction of sp³-hybridized carbons (Fsp3) is 0.407. The minimum absolute atomic E-state index is 0.148. The number of amides is 1. The minimum atomic E-state index is -0.222. The van der Waals surface area contributed by atoms with Crippen molar-refractivity contribution in [2.45, 2.75) is 51.2 Å². The first-order valence-electron chi connectivity index (χ1n) is 11.8. The Labute approximate surface area is 189 Å². The molecule has 0 radical (unpaired) electrons. The highest BCUT2D eigenvalue weighted by Crippen LogP contribution is 2.28. The first-order valence-corrected chi connectivity index (χ1v) is 11.8. The quantitative estimate of drug-likeness (QED) is 0.571. The van der Waals surface area contributed by atoms with E-state index in [-0.39, 0.29) is 18.1 Å². The number of pyridine rings is 1. The number of carbonyl (C=O) groups is 1. The van der Waals surface area contributed by atoms with Crippen molar-refractivity contribution in [1.29, 1.82) is 0 Å². The van der Waals surface area contributed by atoms with Crippen LogP contribution in [0.15, 0.2) is 54.7 Å². The number of aryl methyl sites for hydroxylation is 1. The van der Waals surface area contributed by atoms with Gasteiger partial charge in [0.05, 0.1) is 0 Å². The van der Waals surface area contributed by atoms with Crippen LogP contribution in [0, 0.1) is 0 Å². The molecule has 2 fully saturated rings. The highest BCUT2D eigenvalue weighted by Gasteiger charge is 2.31. The largest absolute Gasteiger partial charge is 0.490 e. The van der Waals surface area contributed by atoms with Crippen molar-refractivity contribution in [3.63, 3.8) is 0 Å². The van der Waals surface area contributed by atoms with E-state index in [1.165, 1.54) is 16.5 Å². The Morgan fingerprint density at radius 1 is 1.03 bits per heavy atom. The number of hydrogen-bond acceptors (Lipinski definition) is 4. The molecular formula is C27H30N2O3. The molecule has 1 amide bonds. The van der Waals surface area contributed by atoms with E-state index in [2.05, 4.69) is 48.3 Å². The predicted molar refractivity (Wildman–Crippen MR) is 126 cm³/mol. The maximum absolute atomic E-state index is 12.5. The van der Waals surface area contributed by atoms with Crippen molar-refractivity contribution < 1.29 is 14.3 Å². The maximum atomic E-state index is 12.5. The van der Waals surface area contributed by atoms with Crippen molar-refractivity contribution in [2.75, 3.05) is 19.7 Å². The van der Waals surface area contributed by atoms with Crippen LogP contribution in [0.2, 0.25) is 0 Å². The van der Waals surface area contributed by atoms with Crippen LogP contribution in [0.1, 0.15) is 38.3 Å². The summed E-state index contributed by atoms with van der Waals surface area (Å²) in [7, 11) is 0. The summed E-state index contributed by atoms with van der Waals surface area (Å²) < 4.78 is 11.8. The Morgan fingerprint density at radius 3 is 2.53 bits per heavy atom. The van der Waals surface area contributed by atoms with Crippen molar-refractivity contribution in [3.8, 4) is 16.9 Å². The molecule has 5 heteroatoms. The number of hydrogen-bond donors (Lipinski definition) is 0. The summed E-state index contributed by atoms with van der Waals surface area (Å²) in [6.07, 6.45) is 6.38. The average molecular weight is 431 g/mol. The van der Waals surface area contributed by atoms with E-state index in [0.717, 1.165) is 62.0 Å². The van der Waals surface area contributed by atoms with E-state index in [0.29, 0.717) is 6.61 Å². The minimum Gasteiger partial charge on any atom is -0.490 e. The Bertz CT molecular complexity index is 1080. The predicted octanol–water partition coefficient (Wildman–Crippen LogP) is 5.01. The number of likely N-dealkylation sites (tertiary alicyclic amines) is 1. The summed E-state index contributed by atoms with van der Waals surface area (Å²) in [5.74, 6) is 1.04. The van der Waals surface area contributed by atoms with E-state index in [1.807, 2.05) is 23.2 Å². The van der Waals surface area contributed by atoms with Crippen LogP contribution in [-0.2, 0) is 16.0 Å². The van der Waals surface area contributed by atoms with E-state index in [1.54, 1.807) is 0 Å². The van der Waals surface area contributed by atoms with Crippen molar-refractivity contribution in [2.24, 2.45) is 0 Å². The van der Waals surface area contributed by atoms with Crippen LogP contribution in [0.3, 0.4) is 0 Å². The second-order valence-corrected chi connectivity index (χ2v) is 8.76. The molecule has 32 heavy (non-hydrogen) atoms. The van der Waals surface area contributed by atoms with E-state index < -0.39 is 0 Å². The number of ether oxygens (including phenoxy) is 2. The zero-order chi connectivity index (χ0) is 21.9.